The fourth-order valence-electron chi connectivity index (χ4n) is 2.53. The zero-order valence-corrected chi connectivity index (χ0v) is 12.3. The molecule has 1 atom stereocenters. The summed E-state index contributed by atoms with van der Waals surface area (Å²) in [5.41, 5.74) is 0.985. The summed E-state index contributed by atoms with van der Waals surface area (Å²) < 4.78 is 1.62. The Bertz CT molecular complexity index is 473. The number of nitrogens with one attached hydrogen (secondary N) is 1. The maximum Gasteiger partial charge on any atom is 0.339 e. The van der Waals surface area contributed by atoms with E-state index in [2.05, 4.69) is 34.3 Å². The first kappa shape index (κ1) is 15.0. The van der Waals surface area contributed by atoms with Crippen LogP contribution in [0.4, 0.5) is 0 Å². The second kappa shape index (κ2) is 6.34. The number of hydrogen-bond donors (Lipinski definition) is 2. The molecule has 2 rings (SSSR count). The van der Waals surface area contributed by atoms with E-state index in [0.717, 1.165) is 26.2 Å². The molecule has 1 aromatic rings. The fourth-order valence-corrected chi connectivity index (χ4v) is 2.53. The van der Waals surface area contributed by atoms with E-state index in [-0.39, 0.29) is 5.56 Å². The summed E-state index contributed by atoms with van der Waals surface area (Å²) in [5, 5.41) is 16.5. The van der Waals surface area contributed by atoms with E-state index in [1.165, 1.54) is 6.20 Å². The van der Waals surface area contributed by atoms with Crippen molar-refractivity contribution < 1.29 is 9.90 Å². The minimum Gasteiger partial charge on any atom is -0.478 e. The molecule has 2 N–H and O–H groups in total. The quantitative estimate of drug-likeness (QED) is 0.755. The molecular formula is C13H23N5O2. The zero-order valence-electron chi connectivity index (χ0n) is 12.3. The molecule has 1 fully saturated rings. The second-order valence-electron chi connectivity index (χ2n) is 5.46. The Balaban J connectivity index is 1.89. The molecule has 0 spiro atoms. The molecule has 20 heavy (non-hydrogen) atoms. The van der Waals surface area contributed by atoms with Crippen LogP contribution in [0, 0.1) is 0 Å². The number of carboxylic acids is 1. The van der Waals surface area contributed by atoms with Gasteiger partial charge in [-0.3, -0.25) is 9.58 Å². The third-order valence-electron chi connectivity index (χ3n) is 3.94. The summed E-state index contributed by atoms with van der Waals surface area (Å²) >= 11 is 0. The number of likely N-dealkylation sites (N-methyl/N-ethyl adjacent to an activating group) is 2. The lowest BCUT2D eigenvalue weighted by Gasteiger charge is -2.37. The highest BCUT2D eigenvalue weighted by molar-refractivity contribution is 5.88. The first-order valence-corrected chi connectivity index (χ1v) is 6.82. The van der Waals surface area contributed by atoms with Crippen LogP contribution < -0.4 is 5.32 Å². The first-order chi connectivity index (χ1) is 9.49. The number of nitrogens with zero attached hydrogens (tertiary/aromatic N) is 4. The van der Waals surface area contributed by atoms with Crippen LogP contribution in [-0.4, -0.2) is 77.0 Å². The van der Waals surface area contributed by atoms with Gasteiger partial charge in [0.15, 0.2) is 0 Å². The summed E-state index contributed by atoms with van der Waals surface area (Å²) in [6.45, 7) is 4.55. The molecule has 0 saturated carbocycles. The normalized spacial score (nSPS) is 21.2. The molecular weight excluding hydrogens is 258 g/mol. The predicted molar refractivity (Wildman–Crippen MR) is 75.8 cm³/mol. The Labute approximate surface area is 119 Å². The summed E-state index contributed by atoms with van der Waals surface area (Å²) in [6, 6.07) is 0.454. The van der Waals surface area contributed by atoms with Crippen molar-refractivity contribution in [1.29, 1.82) is 0 Å². The van der Waals surface area contributed by atoms with E-state index in [9.17, 15) is 4.79 Å². The minimum absolute atomic E-state index is 0.272. The third-order valence-corrected chi connectivity index (χ3v) is 3.94. The lowest BCUT2D eigenvalue weighted by Crippen LogP contribution is -2.53. The number of carbonyl (C=O) groups is 1. The number of aromatic carboxylic acids is 1. The average molecular weight is 281 g/mol. The molecule has 1 saturated heterocycles. The van der Waals surface area contributed by atoms with Crippen LogP contribution in [-0.2, 0) is 13.6 Å². The van der Waals surface area contributed by atoms with Gasteiger partial charge in [0.05, 0.1) is 11.9 Å². The summed E-state index contributed by atoms with van der Waals surface area (Å²) in [7, 11) is 6.03. The molecule has 0 bridgehead atoms. The molecule has 1 aliphatic rings. The van der Waals surface area contributed by atoms with Crippen molar-refractivity contribution in [2.24, 2.45) is 7.05 Å². The molecule has 0 radical (unpaired) electrons. The van der Waals surface area contributed by atoms with E-state index in [0.29, 0.717) is 18.3 Å². The number of carboxylic acid groups (broad SMARTS) is 1. The molecule has 1 aliphatic heterocycles. The highest BCUT2D eigenvalue weighted by Crippen LogP contribution is 2.08. The highest BCUT2D eigenvalue weighted by atomic mass is 16.4. The van der Waals surface area contributed by atoms with Gasteiger partial charge in [-0.05, 0) is 14.1 Å². The Kier molecular flexibility index (Phi) is 4.74. The van der Waals surface area contributed by atoms with Gasteiger partial charge >= 0.3 is 5.97 Å². The predicted octanol–water partition coefficient (Wildman–Crippen LogP) is -0.546. The maximum atomic E-state index is 11.1. The van der Waals surface area contributed by atoms with Gasteiger partial charge < -0.3 is 15.3 Å². The van der Waals surface area contributed by atoms with Crippen LogP contribution in [0.5, 0.6) is 0 Å². The van der Waals surface area contributed by atoms with E-state index in [1.807, 2.05) is 0 Å². The topological polar surface area (TPSA) is 73.6 Å². The highest BCUT2D eigenvalue weighted by Gasteiger charge is 2.22. The molecule has 7 heteroatoms. The number of hydrogen-bond acceptors (Lipinski definition) is 5. The van der Waals surface area contributed by atoms with Crippen LogP contribution >= 0.6 is 0 Å². The summed E-state index contributed by atoms with van der Waals surface area (Å²) in [4.78, 5) is 15.8. The first-order valence-electron chi connectivity index (χ1n) is 6.82. The van der Waals surface area contributed by atoms with Crippen molar-refractivity contribution in [3.63, 3.8) is 0 Å². The molecule has 1 unspecified atom stereocenters. The van der Waals surface area contributed by atoms with Gasteiger partial charge in [-0.15, -0.1) is 0 Å². The molecule has 0 amide bonds. The lowest BCUT2D eigenvalue weighted by molar-refractivity contribution is 0.0695. The van der Waals surface area contributed by atoms with Crippen molar-refractivity contribution in [3.05, 3.63) is 17.5 Å². The monoisotopic (exact) mass is 281 g/mol. The van der Waals surface area contributed by atoms with E-state index >= 15 is 0 Å². The van der Waals surface area contributed by atoms with Gasteiger partial charge in [0.1, 0.15) is 5.56 Å². The van der Waals surface area contributed by atoms with Crippen LogP contribution in [0.3, 0.4) is 0 Å². The van der Waals surface area contributed by atoms with E-state index in [1.54, 1.807) is 11.7 Å². The van der Waals surface area contributed by atoms with Gasteiger partial charge in [-0.2, -0.15) is 5.10 Å². The Morgan fingerprint density at radius 3 is 2.90 bits per heavy atom. The second-order valence-corrected chi connectivity index (χ2v) is 5.46. The number of piperazine rings is 1. The van der Waals surface area contributed by atoms with Crippen LogP contribution in [0.1, 0.15) is 16.1 Å². The molecule has 0 aliphatic carbocycles. The SMILES string of the molecule is CN1CCN(C)C(CNCc2c(C(=O)O)cnn2C)C1. The van der Waals surface area contributed by atoms with Crippen LogP contribution in [0.25, 0.3) is 0 Å². The summed E-state index contributed by atoms with van der Waals surface area (Å²) in [6.07, 6.45) is 1.40. The third kappa shape index (κ3) is 3.36. The van der Waals surface area contributed by atoms with Crippen molar-refractivity contribution in [2.75, 3.05) is 40.3 Å². The zero-order chi connectivity index (χ0) is 14.7. The van der Waals surface area contributed by atoms with Gasteiger partial charge in [-0.1, -0.05) is 0 Å². The number of aryl methyl sites for hydroxylation is 1. The van der Waals surface area contributed by atoms with Gasteiger partial charge in [0.2, 0.25) is 0 Å². The Morgan fingerprint density at radius 2 is 2.20 bits per heavy atom. The van der Waals surface area contributed by atoms with Crippen LogP contribution in [0.15, 0.2) is 6.20 Å². The van der Waals surface area contributed by atoms with Crippen molar-refractivity contribution >= 4 is 5.97 Å². The average Bonchev–Trinajstić information content (AvgIpc) is 2.75. The Morgan fingerprint density at radius 1 is 1.45 bits per heavy atom. The van der Waals surface area contributed by atoms with Crippen molar-refractivity contribution in [1.82, 2.24) is 24.9 Å². The van der Waals surface area contributed by atoms with Gasteiger partial charge in [0, 0.05) is 45.8 Å². The minimum atomic E-state index is -0.926. The van der Waals surface area contributed by atoms with E-state index in [4.69, 9.17) is 5.11 Å². The lowest BCUT2D eigenvalue weighted by atomic mass is 10.2. The molecule has 1 aromatic heterocycles. The number of aromatic nitrogens is 2. The van der Waals surface area contributed by atoms with E-state index < -0.39 is 5.97 Å². The molecule has 7 nitrogen and oxygen atoms in total. The smallest absolute Gasteiger partial charge is 0.339 e. The summed E-state index contributed by atoms with van der Waals surface area (Å²) in [5.74, 6) is -0.926. The maximum absolute atomic E-state index is 11.1. The van der Waals surface area contributed by atoms with Gasteiger partial charge in [0.25, 0.3) is 0 Å². The van der Waals surface area contributed by atoms with Gasteiger partial charge in [-0.25, -0.2) is 4.79 Å². The standard InChI is InChI=1S/C13H23N5O2/c1-16-4-5-17(2)10(9-16)6-14-8-12-11(13(19)20)7-15-18(12)3/h7,10,14H,4-6,8-9H2,1-3H3,(H,19,20). The van der Waals surface area contributed by atoms with Crippen LogP contribution in [0.2, 0.25) is 0 Å². The largest absolute Gasteiger partial charge is 0.478 e. The van der Waals surface area contributed by atoms with Crippen molar-refractivity contribution in [2.45, 2.75) is 12.6 Å². The molecule has 2 heterocycles. The Hall–Kier alpha value is -1.44. The molecule has 0 aromatic carbocycles. The fraction of sp³-hybridized carbons (Fsp3) is 0.692. The molecule has 112 valence electrons. The van der Waals surface area contributed by atoms with Crippen molar-refractivity contribution in [3.8, 4) is 0 Å². The number of rotatable bonds is 5.